The van der Waals surface area contributed by atoms with Crippen LogP contribution in [0.25, 0.3) is 0 Å². The summed E-state index contributed by atoms with van der Waals surface area (Å²) in [6.07, 6.45) is 3.18. The van der Waals surface area contributed by atoms with E-state index < -0.39 is 0 Å². The summed E-state index contributed by atoms with van der Waals surface area (Å²) in [5, 5.41) is 8.84. The van der Waals surface area contributed by atoms with Crippen molar-refractivity contribution in [3.05, 3.63) is 16.6 Å². The second-order valence-electron chi connectivity index (χ2n) is 2.10. The molecule has 0 aliphatic carbocycles. The highest BCUT2D eigenvalue weighted by Crippen LogP contribution is 1.98. The molecule has 0 atom stereocenters. The SMILES string of the molecule is CCNC(=O)N/N=C/c1nccs1. The van der Waals surface area contributed by atoms with Gasteiger partial charge in [-0.05, 0) is 6.92 Å². The van der Waals surface area contributed by atoms with E-state index >= 15 is 0 Å². The molecule has 5 nitrogen and oxygen atoms in total. The van der Waals surface area contributed by atoms with Crippen LogP contribution in [0.4, 0.5) is 4.79 Å². The third kappa shape index (κ3) is 3.66. The van der Waals surface area contributed by atoms with Crippen LogP contribution in [0.1, 0.15) is 11.9 Å². The predicted molar refractivity (Wildman–Crippen MR) is 51.9 cm³/mol. The van der Waals surface area contributed by atoms with Gasteiger partial charge in [0.15, 0.2) is 0 Å². The third-order valence-electron chi connectivity index (χ3n) is 1.13. The van der Waals surface area contributed by atoms with Gasteiger partial charge in [0.25, 0.3) is 0 Å². The van der Waals surface area contributed by atoms with Gasteiger partial charge in [-0.25, -0.2) is 15.2 Å². The number of carbonyl (C=O) groups excluding carboxylic acids is 1. The Morgan fingerprint density at radius 1 is 1.85 bits per heavy atom. The van der Waals surface area contributed by atoms with Crippen LogP contribution >= 0.6 is 11.3 Å². The van der Waals surface area contributed by atoms with Gasteiger partial charge < -0.3 is 5.32 Å². The molecule has 0 saturated heterocycles. The first-order chi connectivity index (χ1) is 6.33. The molecule has 0 bridgehead atoms. The molecule has 1 aromatic rings. The Balaban J connectivity index is 2.30. The number of hydrazone groups is 1. The fourth-order valence-electron chi connectivity index (χ4n) is 0.644. The molecule has 0 fully saturated rings. The summed E-state index contributed by atoms with van der Waals surface area (Å²) in [7, 11) is 0. The van der Waals surface area contributed by atoms with E-state index in [1.54, 1.807) is 6.20 Å². The van der Waals surface area contributed by atoms with Crippen LogP contribution in [0, 0.1) is 0 Å². The molecule has 2 N–H and O–H groups in total. The zero-order valence-corrected chi connectivity index (χ0v) is 7.97. The van der Waals surface area contributed by atoms with Gasteiger partial charge >= 0.3 is 6.03 Å². The number of carbonyl (C=O) groups is 1. The van der Waals surface area contributed by atoms with E-state index in [2.05, 4.69) is 20.8 Å². The largest absolute Gasteiger partial charge is 0.337 e. The lowest BCUT2D eigenvalue weighted by molar-refractivity contribution is 0.242. The summed E-state index contributed by atoms with van der Waals surface area (Å²) in [5.74, 6) is 0. The molecule has 2 amide bonds. The van der Waals surface area contributed by atoms with Crippen molar-refractivity contribution in [3.63, 3.8) is 0 Å². The first-order valence-corrected chi connectivity index (χ1v) is 4.67. The number of nitrogens with one attached hydrogen (secondary N) is 2. The summed E-state index contributed by atoms with van der Waals surface area (Å²) < 4.78 is 0. The zero-order valence-electron chi connectivity index (χ0n) is 7.15. The van der Waals surface area contributed by atoms with Crippen molar-refractivity contribution in [1.82, 2.24) is 15.7 Å². The van der Waals surface area contributed by atoms with Crippen LogP contribution in [0.3, 0.4) is 0 Å². The topological polar surface area (TPSA) is 66.4 Å². The maximum Gasteiger partial charge on any atom is 0.335 e. The smallest absolute Gasteiger partial charge is 0.335 e. The van der Waals surface area contributed by atoms with E-state index in [0.717, 1.165) is 5.01 Å². The van der Waals surface area contributed by atoms with Crippen LogP contribution in [0.2, 0.25) is 0 Å². The molecule has 6 heteroatoms. The van der Waals surface area contributed by atoms with Crippen molar-refractivity contribution in [2.75, 3.05) is 6.54 Å². The minimum atomic E-state index is -0.310. The standard InChI is InChI=1S/C7H10N4OS/c1-2-8-7(12)11-10-5-6-9-3-4-13-6/h3-5H,2H2,1H3,(H2,8,11,12)/b10-5+. The molecule has 70 valence electrons. The van der Waals surface area contributed by atoms with Gasteiger partial charge in [0.1, 0.15) is 5.01 Å². The van der Waals surface area contributed by atoms with Crippen molar-refractivity contribution < 1.29 is 4.79 Å². The maximum atomic E-state index is 10.8. The second-order valence-corrected chi connectivity index (χ2v) is 3.03. The molecule has 0 saturated carbocycles. The minimum absolute atomic E-state index is 0.310. The third-order valence-corrected chi connectivity index (χ3v) is 1.84. The van der Waals surface area contributed by atoms with E-state index in [4.69, 9.17) is 0 Å². The molecule has 0 radical (unpaired) electrons. The Labute approximate surface area is 79.9 Å². The van der Waals surface area contributed by atoms with E-state index in [-0.39, 0.29) is 6.03 Å². The Morgan fingerprint density at radius 3 is 3.31 bits per heavy atom. The summed E-state index contributed by atoms with van der Waals surface area (Å²) in [6.45, 7) is 2.42. The van der Waals surface area contributed by atoms with Crippen molar-refractivity contribution in [3.8, 4) is 0 Å². The highest BCUT2D eigenvalue weighted by molar-refractivity contribution is 7.11. The summed E-state index contributed by atoms with van der Waals surface area (Å²) >= 11 is 1.46. The molecule has 1 aromatic heterocycles. The highest BCUT2D eigenvalue weighted by atomic mass is 32.1. The summed E-state index contributed by atoms with van der Waals surface area (Å²) in [5.41, 5.74) is 2.31. The number of hydrogen-bond donors (Lipinski definition) is 2. The lowest BCUT2D eigenvalue weighted by atomic mass is 10.7. The lowest BCUT2D eigenvalue weighted by Crippen LogP contribution is -2.31. The number of rotatable bonds is 3. The minimum Gasteiger partial charge on any atom is -0.337 e. The first kappa shape index (κ1) is 9.66. The van der Waals surface area contributed by atoms with Crippen LogP contribution in [-0.2, 0) is 0 Å². The summed E-state index contributed by atoms with van der Waals surface area (Å²) in [4.78, 5) is 14.8. The van der Waals surface area contributed by atoms with Crippen LogP contribution in [0.15, 0.2) is 16.7 Å². The average molecular weight is 198 g/mol. The molecule has 0 aromatic carbocycles. The second kappa shape index (κ2) is 5.26. The molecule has 1 heterocycles. The molecule has 1 rings (SSSR count). The Bertz CT molecular complexity index is 283. The Hall–Kier alpha value is -1.43. The Kier molecular flexibility index (Phi) is 3.90. The van der Waals surface area contributed by atoms with Crippen LogP contribution < -0.4 is 10.7 Å². The van der Waals surface area contributed by atoms with Gasteiger partial charge in [-0.1, -0.05) is 0 Å². The van der Waals surface area contributed by atoms with Gasteiger partial charge in [-0.15, -0.1) is 11.3 Å². The number of urea groups is 1. The molecule has 0 unspecified atom stereocenters. The zero-order chi connectivity index (χ0) is 9.52. The van der Waals surface area contributed by atoms with Gasteiger partial charge in [0, 0.05) is 18.1 Å². The van der Waals surface area contributed by atoms with Gasteiger partial charge in [0.2, 0.25) is 0 Å². The number of amides is 2. The van der Waals surface area contributed by atoms with Crippen LogP contribution in [-0.4, -0.2) is 23.8 Å². The monoisotopic (exact) mass is 198 g/mol. The maximum absolute atomic E-state index is 10.8. The molecule has 0 spiro atoms. The van der Waals surface area contributed by atoms with E-state index in [1.165, 1.54) is 17.6 Å². The molecular weight excluding hydrogens is 188 g/mol. The number of thiazole rings is 1. The predicted octanol–water partition coefficient (Wildman–Crippen LogP) is 0.796. The fourth-order valence-corrected chi connectivity index (χ4v) is 1.14. The van der Waals surface area contributed by atoms with Crippen LogP contribution in [0.5, 0.6) is 0 Å². The van der Waals surface area contributed by atoms with E-state index in [9.17, 15) is 4.79 Å². The molecule has 0 aliphatic heterocycles. The van der Waals surface area contributed by atoms with Gasteiger partial charge in [-0.2, -0.15) is 5.10 Å². The summed E-state index contributed by atoms with van der Waals surface area (Å²) in [6, 6.07) is -0.310. The molecule has 13 heavy (non-hydrogen) atoms. The average Bonchev–Trinajstić information content (AvgIpc) is 2.57. The van der Waals surface area contributed by atoms with Crippen molar-refractivity contribution in [2.24, 2.45) is 5.10 Å². The van der Waals surface area contributed by atoms with Crippen molar-refractivity contribution in [1.29, 1.82) is 0 Å². The molecular formula is C7H10N4OS. The van der Waals surface area contributed by atoms with E-state index in [0.29, 0.717) is 6.54 Å². The number of nitrogens with zero attached hydrogens (tertiary/aromatic N) is 2. The van der Waals surface area contributed by atoms with Crippen molar-refractivity contribution >= 4 is 23.6 Å². The highest BCUT2D eigenvalue weighted by Gasteiger charge is 1.93. The number of hydrogen-bond acceptors (Lipinski definition) is 4. The first-order valence-electron chi connectivity index (χ1n) is 3.79. The lowest BCUT2D eigenvalue weighted by Gasteiger charge is -1.97. The van der Waals surface area contributed by atoms with Gasteiger partial charge in [-0.3, -0.25) is 0 Å². The Morgan fingerprint density at radius 2 is 2.69 bits per heavy atom. The quantitative estimate of drug-likeness (QED) is 0.557. The van der Waals surface area contributed by atoms with Gasteiger partial charge in [0.05, 0.1) is 6.21 Å². The molecule has 0 aliphatic rings. The number of aromatic nitrogens is 1. The normalized spacial score (nSPS) is 10.2. The fraction of sp³-hybridized carbons (Fsp3) is 0.286. The van der Waals surface area contributed by atoms with E-state index in [1.807, 2.05) is 12.3 Å². The van der Waals surface area contributed by atoms with Crippen molar-refractivity contribution in [2.45, 2.75) is 6.92 Å².